The van der Waals surface area contributed by atoms with Crippen LogP contribution in [0.25, 0.3) is 0 Å². The van der Waals surface area contributed by atoms with Gasteiger partial charge in [0.15, 0.2) is 6.61 Å². The van der Waals surface area contributed by atoms with Gasteiger partial charge in [0.1, 0.15) is 6.04 Å². The Hall–Kier alpha value is -3.49. The molecular formula is C27H32N2O7. The van der Waals surface area contributed by atoms with Crippen molar-refractivity contribution in [2.45, 2.75) is 46.1 Å². The van der Waals surface area contributed by atoms with Crippen molar-refractivity contribution in [2.75, 3.05) is 18.5 Å². The number of rotatable bonds is 10. The number of unbranched alkanes of at least 4 members (excludes halogenated alkanes) is 1. The molecule has 1 heterocycles. The molecule has 1 aromatic carbocycles. The minimum Gasteiger partial charge on any atom is -0.462 e. The van der Waals surface area contributed by atoms with E-state index in [1.807, 2.05) is 19.1 Å². The average molecular weight is 497 g/mol. The van der Waals surface area contributed by atoms with Crippen LogP contribution in [0.15, 0.2) is 36.4 Å². The first-order valence-corrected chi connectivity index (χ1v) is 12.5. The number of fused-ring (bicyclic) bond motifs is 5. The van der Waals surface area contributed by atoms with Gasteiger partial charge in [0.2, 0.25) is 11.8 Å². The minimum atomic E-state index is -1.08. The van der Waals surface area contributed by atoms with E-state index in [0.717, 1.165) is 24.2 Å². The van der Waals surface area contributed by atoms with Crippen molar-refractivity contribution < 1.29 is 33.4 Å². The maximum absolute atomic E-state index is 13.1. The largest absolute Gasteiger partial charge is 0.462 e. The van der Waals surface area contributed by atoms with E-state index in [-0.39, 0.29) is 29.6 Å². The average Bonchev–Trinajstić information content (AvgIpc) is 3.53. The van der Waals surface area contributed by atoms with Crippen LogP contribution in [0.4, 0.5) is 5.69 Å². The van der Waals surface area contributed by atoms with Gasteiger partial charge in [-0.05, 0) is 54.9 Å². The zero-order valence-electron chi connectivity index (χ0n) is 20.8. The van der Waals surface area contributed by atoms with E-state index < -0.39 is 42.3 Å². The fourth-order valence-electron chi connectivity index (χ4n) is 5.38. The van der Waals surface area contributed by atoms with Crippen molar-refractivity contribution in [3.05, 3.63) is 42.0 Å². The molecule has 1 N–H and O–H groups in total. The van der Waals surface area contributed by atoms with Crippen molar-refractivity contribution in [1.82, 2.24) is 4.90 Å². The van der Waals surface area contributed by atoms with Crippen LogP contribution in [-0.4, -0.2) is 53.8 Å². The molecule has 2 fully saturated rings. The SMILES string of the molecule is CCCCOC(=O)c1ccc(NC(=O)COC(=O)[C@H](C(C)C)N2C(=O)[C@@H]3[C@@H](C2=O)[C@H]2C=C[C@H]3C2)cc1. The van der Waals surface area contributed by atoms with Crippen LogP contribution in [-0.2, 0) is 28.7 Å². The Morgan fingerprint density at radius 3 is 2.17 bits per heavy atom. The molecule has 2 bridgehead atoms. The van der Waals surface area contributed by atoms with Crippen LogP contribution >= 0.6 is 0 Å². The molecule has 9 heteroatoms. The summed E-state index contributed by atoms with van der Waals surface area (Å²) in [5, 5.41) is 2.60. The minimum absolute atomic E-state index is 0.0423. The molecule has 36 heavy (non-hydrogen) atoms. The van der Waals surface area contributed by atoms with Crippen molar-refractivity contribution in [1.29, 1.82) is 0 Å². The lowest BCUT2D eigenvalue weighted by atomic mass is 9.85. The summed E-state index contributed by atoms with van der Waals surface area (Å²) in [4.78, 5) is 64.6. The molecule has 0 unspecified atom stereocenters. The molecule has 0 aromatic heterocycles. The lowest BCUT2D eigenvalue weighted by Gasteiger charge is -2.28. The molecule has 3 amide bonds. The summed E-state index contributed by atoms with van der Waals surface area (Å²) in [6, 6.07) is 5.09. The number of nitrogens with one attached hydrogen (secondary N) is 1. The summed E-state index contributed by atoms with van der Waals surface area (Å²) in [6.07, 6.45) is 6.50. The number of hydrogen-bond acceptors (Lipinski definition) is 7. The second-order valence-corrected chi connectivity index (χ2v) is 9.96. The van der Waals surface area contributed by atoms with Crippen molar-refractivity contribution in [3.63, 3.8) is 0 Å². The molecule has 1 aromatic rings. The summed E-state index contributed by atoms with van der Waals surface area (Å²) >= 11 is 0. The molecule has 4 rings (SSSR count). The number of allylic oxidation sites excluding steroid dienone is 2. The smallest absolute Gasteiger partial charge is 0.338 e. The molecule has 1 saturated carbocycles. The van der Waals surface area contributed by atoms with E-state index in [2.05, 4.69) is 5.32 Å². The lowest BCUT2D eigenvalue weighted by Crippen LogP contribution is -2.50. The summed E-state index contributed by atoms with van der Waals surface area (Å²) in [5.74, 6) is -3.55. The Kier molecular flexibility index (Phi) is 7.56. The lowest BCUT2D eigenvalue weighted by molar-refractivity contribution is -0.162. The molecular weight excluding hydrogens is 464 g/mol. The maximum atomic E-state index is 13.1. The molecule has 0 radical (unpaired) electrons. The van der Waals surface area contributed by atoms with Gasteiger partial charge in [-0.3, -0.25) is 19.3 Å². The highest BCUT2D eigenvalue weighted by atomic mass is 16.5. The maximum Gasteiger partial charge on any atom is 0.338 e. The third-order valence-electron chi connectivity index (χ3n) is 7.14. The molecule has 3 aliphatic rings. The third kappa shape index (κ3) is 4.92. The quantitative estimate of drug-likeness (QED) is 0.229. The van der Waals surface area contributed by atoms with Crippen molar-refractivity contribution >= 4 is 35.3 Å². The molecule has 0 spiro atoms. The highest BCUT2D eigenvalue weighted by Gasteiger charge is 2.61. The summed E-state index contributed by atoms with van der Waals surface area (Å²) in [6.45, 7) is 5.26. The molecule has 1 aliphatic heterocycles. The number of esters is 2. The number of anilines is 1. The second kappa shape index (κ2) is 10.6. The second-order valence-electron chi connectivity index (χ2n) is 9.96. The van der Waals surface area contributed by atoms with Gasteiger partial charge in [0, 0.05) is 5.69 Å². The van der Waals surface area contributed by atoms with Gasteiger partial charge in [-0.1, -0.05) is 39.3 Å². The van der Waals surface area contributed by atoms with Crippen LogP contribution in [0.2, 0.25) is 0 Å². The van der Waals surface area contributed by atoms with Gasteiger partial charge in [0.25, 0.3) is 5.91 Å². The summed E-state index contributed by atoms with van der Waals surface area (Å²) in [7, 11) is 0. The Labute approximate surface area is 210 Å². The van der Waals surface area contributed by atoms with Gasteiger partial charge in [-0.25, -0.2) is 9.59 Å². The molecule has 2 aliphatic carbocycles. The third-order valence-corrected chi connectivity index (χ3v) is 7.14. The van der Waals surface area contributed by atoms with E-state index in [1.54, 1.807) is 26.0 Å². The first-order valence-electron chi connectivity index (χ1n) is 12.5. The Balaban J connectivity index is 1.32. The highest BCUT2D eigenvalue weighted by Crippen LogP contribution is 2.53. The molecule has 192 valence electrons. The number of likely N-dealkylation sites (tertiary alicyclic amines) is 1. The number of benzene rings is 1. The number of carbonyl (C=O) groups excluding carboxylic acids is 5. The van der Waals surface area contributed by atoms with Crippen LogP contribution < -0.4 is 5.32 Å². The van der Waals surface area contributed by atoms with Crippen LogP contribution in [0.5, 0.6) is 0 Å². The highest BCUT2D eigenvalue weighted by molar-refractivity contribution is 6.09. The van der Waals surface area contributed by atoms with Crippen molar-refractivity contribution in [2.24, 2.45) is 29.6 Å². The topological polar surface area (TPSA) is 119 Å². The van der Waals surface area contributed by atoms with Gasteiger partial charge in [-0.2, -0.15) is 0 Å². The standard InChI is InChI=1S/C27H32N2O7/c1-4-5-12-35-26(33)16-8-10-19(11-9-16)28-20(30)14-36-27(34)23(15(2)3)29-24(31)21-17-6-7-18(13-17)22(21)25(29)32/h6-11,15,17-18,21-23H,4-5,12-14H2,1-3H3,(H,28,30)/t17-,18-,21-,22-,23-/m0/s1. The molecule has 9 nitrogen and oxygen atoms in total. The summed E-state index contributed by atoms with van der Waals surface area (Å²) < 4.78 is 10.4. The Morgan fingerprint density at radius 1 is 1.00 bits per heavy atom. The number of imide groups is 1. The van der Waals surface area contributed by atoms with Crippen LogP contribution in [0, 0.1) is 29.6 Å². The van der Waals surface area contributed by atoms with Crippen LogP contribution in [0.1, 0.15) is 50.4 Å². The predicted octanol–water partition coefficient (Wildman–Crippen LogP) is 2.96. The van der Waals surface area contributed by atoms with Gasteiger partial charge in [0.05, 0.1) is 24.0 Å². The van der Waals surface area contributed by atoms with Gasteiger partial charge in [-0.15, -0.1) is 0 Å². The van der Waals surface area contributed by atoms with E-state index in [4.69, 9.17) is 9.47 Å². The first kappa shape index (κ1) is 25.6. The number of amides is 3. The predicted molar refractivity (Wildman–Crippen MR) is 129 cm³/mol. The number of hydrogen-bond donors (Lipinski definition) is 1. The molecule has 5 atom stereocenters. The Morgan fingerprint density at radius 2 is 1.61 bits per heavy atom. The normalized spacial score (nSPS) is 24.7. The fraction of sp³-hybridized carbons (Fsp3) is 0.519. The zero-order valence-corrected chi connectivity index (χ0v) is 20.8. The van der Waals surface area contributed by atoms with E-state index in [9.17, 15) is 24.0 Å². The molecule has 1 saturated heterocycles. The fourth-order valence-corrected chi connectivity index (χ4v) is 5.38. The van der Waals surface area contributed by atoms with Gasteiger partial charge >= 0.3 is 11.9 Å². The monoisotopic (exact) mass is 496 g/mol. The van der Waals surface area contributed by atoms with Crippen LogP contribution in [0.3, 0.4) is 0 Å². The Bertz CT molecular complexity index is 1050. The van der Waals surface area contributed by atoms with E-state index in [1.165, 1.54) is 12.1 Å². The number of nitrogens with zero attached hydrogens (tertiary/aromatic N) is 1. The van der Waals surface area contributed by atoms with E-state index in [0.29, 0.717) is 17.9 Å². The van der Waals surface area contributed by atoms with E-state index >= 15 is 0 Å². The first-order chi connectivity index (χ1) is 17.2. The zero-order chi connectivity index (χ0) is 26.0. The van der Waals surface area contributed by atoms with Gasteiger partial charge < -0.3 is 14.8 Å². The number of ether oxygens (including phenoxy) is 2. The number of carbonyl (C=O) groups is 5. The summed E-state index contributed by atoms with van der Waals surface area (Å²) in [5.41, 5.74) is 0.783. The van der Waals surface area contributed by atoms with Crippen molar-refractivity contribution in [3.8, 4) is 0 Å².